The minimum absolute atomic E-state index is 0.0326. The summed E-state index contributed by atoms with van der Waals surface area (Å²) >= 11 is 1.20. The van der Waals surface area contributed by atoms with Crippen molar-refractivity contribution in [3.05, 3.63) is 51.7 Å². The first-order valence-electron chi connectivity index (χ1n) is 6.56. The highest BCUT2D eigenvalue weighted by atomic mass is 32.2. The van der Waals surface area contributed by atoms with Gasteiger partial charge in [-0.15, -0.1) is 11.8 Å². The molecule has 0 aromatic heterocycles. The number of esters is 1. The smallest absolute Gasteiger partial charge is 0.336 e. The summed E-state index contributed by atoms with van der Waals surface area (Å²) in [7, 11) is 0. The third kappa shape index (κ3) is 2.82. The van der Waals surface area contributed by atoms with Crippen molar-refractivity contribution in [3.8, 4) is 0 Å². The van der Waals surface area contributed by atoms with E-state index in [0.717, 1.165) is 0 Å². The Hall–Kier alpha value is -2.68. The number of ketones is 1. The van der Waals surface area contributed by atoms with Crippen molar-refractivity contribution in [1.29, 1.82) is 0 Å². The zero-order valence-corrected chi connectivity index (χ0v) is 12.4. The first kappa shape index (κ1) is 15.2. The third-order valence-electron chi connectivity index (χ3n) is 3.39. The zero-order chi connectivity index (χ0) is 16.6. The predicted octanol–water partition coefficient (Wildman–Crippen LogP) is 1.01. The molecule has 1 aromatic carbocycles. The van der Waals surface area contributed by atoms with Crippen LogP contribution in [-0.4, -0.2) is 38.6 Å². The van der Waals surface area contributed by atoms with Crippen LogP contribution in [0.1, 0.15) is 5.56 Å². The van der Waals surface area contributed by atoms with Crippen molar-refractivity contribution in [1.82, 2.24) is 4.90 Å². The van der Waals surface area contributed by atoms with Crippen LogP contribution < -0.4 is 0 Å². The second kappa shape index (κ2) is 5.84. The van der Waals surface area contributed by atoms with Crippen LogP contribution >= 0.6 is 11.8 Å². The number of carbonyl (C=O) groups is 3. The number of benzene rings is 1. The number of Topliss-reactive ketones (excluding diaryl/α,β-unsaturated/α-hetero) is 1. The Bertz CT molecular complexity index is 742. The maximum Gasteiger partial charge on any atom is 0.336 e. The Morgan fingerprint density at radius 2 is 2.04 bits per heavy atom. The quantitative estimate of drug-likeness (QED) is 0.266. The van der Waals surface area contributed by atoms with E-state index in [9.17, 15) is 24.5 Å². The summed E-state index contributed by atoms with van der Waals surface area (Å²) in [5.74, 6) is -1.37. The molecule has 2 aliphatic heterocycles. The van der Waals surface area contributed by atoms with Gasteiger partial charge in [-0.3, -0.25) is 24.6 Å². The summed E-state index contributed by atoms with van der Waals surface area (Å²) in [6, 6.07) is 5.66. The first-order chi connectivity index (χ1) is 11.0. The molecule has 118 valence electrons. The van der Waals surface area contributed by atoms with Gasteiger partial charge >= 0.3 is 5.97 Å². The molecular weight excluding hydrogens is 324 g/mol. The van der Waals surface area contributed by atoms with Gasteiger partial charge in [-0.1, -0.05) is 0 Å². The number of ether oxygens (including phenoxy) is 1. The number of fused-ring (bicyclic) bond motifs is 1. The lowest BCUT2D eigenvalue weighted by molar-refractivity contribution is -0.384. The molecule has 1 aromatic rings. The summed E-state index contributed by atoms with van der Waals surface area (Å²) in [4.78, 5) is 45.8. The van der Waals surface area contributed by atoms with Gasteiger partial charge in [0.1, 0.15) is 6.61 Å². The number of β-lactam (4-membered cyclic amide) rings is 1. The van der Waals surface area contributed by atoms with E-state index in [0.29, 0.717) is 16.9 Å². The first-order valence-corrected chi connectivity index (χ1v) is 7.61. The SMILES string of the molecule is O=C(OCc1ccc([N+](=O)[O-])cc1)C1=CN2C(=O)C(=O)[C@H]2SC1. The number of nitro groups is 1. The summed E-state index contributed by atoms with van der Waals surface area (Å²) in [5, 5.41) is 10.0. The molecule has 3 rings (SSSR count). The van der Waals surface area contributed by atoms with E-state index in [4.69, 9.17) is 4.74 Å². The van der Waals surface area contributed by atoms with E-state index in [1.54, 1.807) is 0 Å². The fourth-order valence-electron chi connectivity index (χ4n) is 2.12. The Morgan fingerprint density at radius 1 is 1.35 bits per heavy atom. The largest absolute Gasteiger partial charge is 0.457 e. The number of thioether (sulfide) groups is 1. The zero-order valence-electron chi connectivity index (χ0n) is 11.6. The highest BCUT2D eigenvalue weighted by Gasteiger charge is 2.48. The molecule has 23 heavy (non-hydrogen) atoms. The van der Waals surface area contributed by atoms with E-state index in [1.165, 1.54) is 47.1 Å². The van der Waals surface area contributed by atoms with Gasteiger partial charge in [0.2, 0.25) is 0 Å². The fraction of sp³-hybridized carbons (Fsp3) is 0.214. The van der Waals surface area contributed by atoms with Gasteiger partial charge in [0.15, 0.2) is 5.37 Å². The van der Waals surface area contributed by atoms with Crippen molar-refractivity contribution < 1.29 is 24.0 Å². The number of nitrogens with zero attached hydrogens (tertiary/aromatic N) is 2. The van der Waals surface area contributed by atoms with Crippen molar-refractivity contribution in [3.63, 3.8) is 0 Å². The van der Waals surface area contributed by atoms with Crippen LogP contribution in [-0.2, 0) is 25.7 Å². The number of carbonyl (C=O) groups excluding carboxylic acids is 3. The average molecular weight is 334 g/mol. The van der Waals surface area contributed by atoms with Crippen LogP contribution in [0.3, 0.4) is 0 Å². The number of amides is 1. The van der Waals surface area contributed by atoms with Crippen LogP contribution in [0.5, 0.6) is 0 Å². The maximum atomic E-state index is 12.0. The average Bonchev–Trinajstić information content (AvgIpc) is 2.58. The molecule has 0 aliphatic carbocycles. The van der Waals surface area contributed by atoms with E-state index < -0.39 is 28.0 Å². The van der Waals surface area contributed by atoms with Gasteiger partial charge in [-0.25, -0.2) is 4.79 Å². The number of hydrogen-bond acceptors (Lipinski definition) is 7. The molecule has 0 bridgehead atoms. The minimum atomic E-state index is -0.622. The Kier molecular flexibility index (Phi) is 3.87. The van der Waals surface area contributed by atoms with Gasteiger partial charge in [0, 0.05) is 24.1 Å². The molecule has 0 radical (unpaired) electrons. The normalized spacial score (nSPS) is 19.6. The second-order valence-electron chi connectivity index (χ2n) is 4.89. The van der Waals surface area contributed by atoms with Crippen molar-refractivity contribution in [2.24, 2.45) is 0 Å². The number of rotatable bonds is 4. The van der Waals surface area contributed by atoms with Gasteiger partial charge in [0.25, 0.3) is 17.4 Å². The fourth-order valence-corrected chi connectivity index (χ4v) is 3.22. The van der Waals surface area contributed by atoms with Crippen LogP contribution in [0.15, 0.2) is 36.0 Å². The molecule has 0 saturated carbocycles. The molecular formula is C14H10N2O6S. The lowest BCUT2D eigenvalue weighted by Gasteiger charge is -2.38. The summed E-state index contributed by atoms with van der Waals surface area (Å²) in [6.07, 6.45) is 1.35. The van der Waals surface area contributed by atoms with Gasteiger partial charge in [-0.2, -0.15) is 0 Å². The molecule has 2 heterocycles. The van der Waals surface area contributed by atoms with Crippen LogP contribution in [0.4, 0.5) is 5.69 Å². The molecule has 1 saturated heterocycles. The van der Waals surface area contributed by atoms with E-state index in [1.807, 2.05) is 0 Å². The monoisotopic (exact) mass is 334 g/mol. The van der Waals surface area contributed by atoms with Gasteiger partial charge in [0.05, 0.1) is 10.5 Å². The van der Waals surface area contributed by atoms with E-state index >= 15 is 0 Å². The van der Waals surface area contributed by atoms with Crippen molar-refractivity contribution in [2.45, 2.75) is 12.0 Å². The molecule has 9 heteroatoms. The van der Waals surface area contributed by atoms with Crippen LogP contribution in [0, 0.1) is 10.1 Å². The number of non-ortho nitro benzene ring substituents is 1. The lowest BCUT2D eigenvalue weighted by atomic mass is 10.1. The topological polar surface area (TPSA) is 107 Å². The second-order valence-corrected chi connectivity index (χ2v) is 5.96. The Labute approximate surface area is 134 Å². The minimum Gasteiger partial charge on any atom is -0.457 e. The summed E-state index contributed by atoms with van der Waals surface area (Å²) < 4.78 is 5.12. The van der Waals surface area contributed by atoms with Crippen molar-refractivity contribution >= 4 is 35.1 Å². The number of hydrogen-bond donors (Lipinski definition) is 0. The van der Waals surface area contributed by atoms with Gasteiger partial charge in [-0.05, 0) is 17.7 Å². The predicted molar refractivity (Wildman–Crippen MR) is 79.1 cm³/mol. The molecule has 0 spiro atoms. The Morgan fingerprint density at radius 3 is 2.70 bits per heavy atom. The number of nitro benzene ring substituents is 1. The summed E-state index contributed by atoms with van der Waals surface area (Å²) in [5.41, 5.74) is 0.869. The van der Waals surface area contributed by atoms with Crippen LogP contribution in [0.2, 0.25) is 0 Å². The molecule has 1 fully saturated rings. The molecule has 1 atom stereocenters. The standard InChI is InChI=1S/C14H10N2O6S/c17-11-12(18)15-5-9(7-23-13(11)15)14(19)22-6-8-1-3-10(4-2-8)16(20)21/h1-5,13H,6-7H2/t13-/m1/s1. The molecule has 1 amide bonds. The molecule has 8 nitrogen and oxygen atoms in total. The lowest BCUT2D eigenvalue weighted by Crippen LogP contribution is -2.59. The van der Waals surface area contributed by atoms with E-state index in [-0.39, 0.29) is 12.3 Å². The van der Waals surface area contributed by atoms with Crippen molar-refractivity contribution in [2.75, 3.05) is 5.75 Å². The Balaban J connectivity index is 1.59. The summed E-state index contributed by atoms with van der Waals surface area (Å²) in [6.45, 7) is -0.0326. The highest BCUT2D eigenvalue weighted by molar-refractivity contribution is 8.01. The van der Waals surface area contributed by atoms with E-state index in [2.05, 4.69) is 0 Å². The molecule has 0 unspecified atom stereocenters. The molecule has 2 aliphatic rings. The maximum absolute atomic E-state index is 12.0. The highest BCUT2D eigenvalue weighted by Crippen LogP contribution is 2.33. The molecule has 0 N–H and O–H groups in total. The van der Waals surface area contributed by atoms with Gasteiger partial charge < -0.3 is 4.74 Å². The third-order valence-corrected chi connectivity index (χ3v) is 4.63. The van der Waals surface area contributed by atoms with Crippen LogP contribution in [0.25, 0.3) is 0 Å².